The Morgan fingerprint density at radius 3 is 2.91 bits per heavy atom. The predicted molar refractivity (Wildman–Crippen MR) is 44.7 cm³/mol. The minimum atomic E-state index is 0.358. The average Bonchev–Trinajstić information content (AvgIpc) is 2.01. The van der Waals surface area contributed by atoms with Crippen LogP contribution >= 0.6 is 0 Å². The number of nitriles is 1. The molecule has 0 aliphatic heterocycles. The Labute approximate surface area is 67.7 Å². The standard InChI is InChI=1S/C9H14N2/c10-6-2-4-8-3-1-5-9(11)7-8/h2,4,8-9H,1,3,5,7,11H2/b4-2+/t8-,9+/m0/s1. The molecule has 0 amide bonds. The van der Waals surface area contributed by atoms with E-state index in [4.69, 9.17) is 11.0 Å². The maximum Gasteiger partial charge on any atom is 0.0908 e. The van der Waals surface area contributed by atoms with Crippen molar-refractivity contribution >= 4 is 0 Å². The number of rotatable bonds is 1. The van der Waals surface area contributed by atoms with E-state index in [1.165, 1.54) is 12.8 Å². The third-order valence-electron chi connectivity index (χ3n) is 2.20. The SMILES string of the molecule is N#C/C=C/[C@@H]1CCC[C@@H](N)C1. The first-order chi connectivity index (χ1) is 5.33. The lowest BCUT2D eigenvalue weighted by molar-refractivity contribution is 0.372. The van der Waals surface area contributed by atoms with Gasteiger partial charge >= 0.3 is 0 Å². The first-order valence-electron chi connectivity index (χ1n) is 4.15. The maximum absolute atomic E-state index is 8.29. The van der Waals surface area contributed by atoms with Crippen molar-refractivity contribution in [2.24, 2.45) is 11.7 Å². The van der Waals surface area contributed by atoms with Gasteiger partial charge in [-0.1, -0.05) is 12.5 Å². The summed E-state index contributed by atoms with van der Waals surface area (Å²) in [4.78, 5) is 0. The molecule has 2 nitrogen and oxygen atoms in total. The van der Waals surface area contributed by atoms with Gasteiger partial charge in [0.2, 0.25) is 0 Å². The molecule has 0 aromatic carbocycles. The van der Waals surface area contributed by atoms with Crippen molar-refractivity contribution in [3.8, 4) is 6.07 Å². The molecule has 0 saturated heterocycles. The summed E-state index contributed by atoms with van der Waals surface area (Å²) in [5.74, 6) is 0.554. The first kappa shape index (κ1) is 8.29. The third-order valence-corrected chi connectivity index (χ3v) is 2.20. The van der Waals surface area contributed by atoms with Gasteiger partial charge in [-0.2, -0.15) is 5.26 Å². The molecule has 0 aromatic rings. The lowest BCUT2D eigenvalue weighted by atomic mass is 9.86. The van der Waals surface area contributed by atoms with E-state index in [-0.39, 0.29) is 0 Å². The Morgan fingerprint density at radius 1 is 1.45 bits per heavy atom. The molecule has 11 heavy (non-hydrogen) atoms. The monoisotopic (exact) mass is 150 g/mol. The van der Waals surface area contributed by atoms with E-state index < -0.39 is 0 Å². The van der Waals surface area contributed by atoms with Crippen LogP contribution in [0.4, 0.5) is 0 Å². The van der Waals surface area contributed by atoms with Gasteiger partial charge in [-0.3, -0.25) is 0 Å². The van der Waals surface area contributed by atoms with Crippen molar-refractivity contribution in [2.45, 2.75) is 31.7 Å². The molecule has 1 aliphatic carbocycles. The summed E-state index contributed by atoms with van der Waals surface area (Å²) in [6, 6.07) is 2.37. The summed E-state index contributed by atoms with van der Waals surface area (Å²) in [7, 11) is 0. The molecule has 0 aromatic heterocycles. The molecule has 2 N–H and O–H groups in total. The van der Waals surface area contributed by atoms with Gasteiger partial charge in [0, 0.05) is 12.1 Å². The molecule has 2 heteroatoms. The Bertz CT molecular complexity index is 178. The van der Waals surface area contributed by atoms with Gasteiger partial charge in [0.25, 0.3) is 0 Å². The van der Waals surface area contributed by atoms with Crippen LogP contribution in [0, 0.1) is 17.2 Å². The number of hydrogen-bond donors (Lipinski definition) is 1. The van der Waals surface area contributed by atoms with E-state index >= 15 is 0 Å². The molecule has 1 aliphatic rings. The molecule has 1 rings (SSSR count). The van der Waals surface area contributed by atoms with E-state index in [9.17, 15) is 0 Å². The van der Waals surface area contributed by atoms with E-state index in [0.717, 1.165) is 12.8 Å². The minimum Gasteiger partial charge on any atom is -0.328 e. The van der Waals surface area contributed by atoms with E-state index in [1.807, 2.05) is 12.1 Å². The molecule has 2 atom stereocenters. The molecule has 0 bridgehead atoms. The molecular formula is C9H14N2. The van der Waals surface area contributed by atoms with Crippen molar-refractivity contribution in [3.05, 3.63) is 12.2 Å². The second kappa shape index (κ2) is 4.15. The fourth-order valence-corrected chi connectivity index (χ4v) is 1.62. The van der Waals surface area contributed by atoms with Gasteiger partial charge in [0.05, 0.1) is 6.07 Å². The Morgan fingerprint density at radius 2 is 2.27 bits per heavy atom. The van der Waals surface area contributed by atoms with Gasteiger partial charge in [0.1, 0.15) is 0 Å². The van der Waals surface area contributed by atoms with Crippen molar-refractivity contribution < 1.29 is 0 Å². The summed E-state index contributed by atoms with van der Waals surface area (Å²) in [5.41, 5.74) is 5.78. The zero-order valence-electron chi connectivity index (χ0n) is 6.66. The van der Waals surface area contributed by atoms with Crippen molar-refractivity contribution in [3.63, 3.8) is 0 Å². The molecule has 0 radical (unpaired) electrons. The van der Waals surface area contributed by atoms with Crippen molar-refractivity contribution in [1.29, 1.82) is 5.26 Å². The fourth-order valence-electron chi connectivity index (χ4n) is 1.62. The van der Waals surface area contributed by atoms with Gasteiger partial charge in [-0.15, -0.1) is 0 Å². The Balaban J connectivity index is 2.35. The zero-order chi connectivity index (χ0) is 8.10. The van der Waals surface area contributed by atoms with Gasteiger partial charge in [-0.05, 0) is 25.2 Å². The van der Waals surface area contributed by atoms with Crippen LogP contribution < -0.4 is 5.73 Å². The smallest absolute Gasteiger partial charge is 0.0908 e. The Kier molecular flexibility index (Phi) is 3.13. The quantitative estimate of drug-likeness (QED) is 0.577. The van der Waals surface area contributed by atoms with Gasteiger partial charge < -0.3 is 5.73 Å². The molecule has 0 heterocycles. The summed E-state index contributed by atoms with van der Waals surface area (Å²) in [5, 5.41) is 8.29. The van der Waals surface area contributed by atoms with Crippen LogP contribution in [0.2, 0.25) is 0 Å². The van der Waals surface area contributed by atoms with E-state index in [2.05, 4.69) is 0 Å². The lowest BCUT2D eigenvalue weighted by Crippen LogP contribution is -2.26. The van der Waals surface area contributed by atoms with Crippen LogP contribution in [0.5, 0.6) is 0 Å². The largest absolute Gasteiger partial charge is 0.328 e. The topological polar surface area (TPSA) is 49.8 Å². The van der Waals surface area contributed by atoms with E-state index in [1.54, 1.807) is 6.08 Å². The van der Waals surface area contributed by atoms with Crippen molar-refractivity contribution in [2.75, 3.05) is 0 Å². The van der Waals surface area contributed by atoms with Crippen LogP contribution in [-0.4, -0.2) is 6.04 Å². The summed E-state index contributed by atoms with van der Waals surface area (Å²) < 4.78 is 0. The molecule has 60 valence electrons. The fraction of sp³-hybridized carbons (Fsp3) is 0.667. The first-order valence-corrected chi connectivity index (χ1v) is 4.15. The summed E-state index contributed by atoms with van der Waals surface area (Å²) in [6.45, 7) is 0. The van der Waals surface area contributed by atoms with Crippen LogP contribution in [0.3, 0.4) is 0 Å². The van der Waals surface area contributed by atoms with Crippen LogP contribution in [0.1, 0.15) is 25.7 Å². The van der Waals surface area contributed by atoms with Crippen molar-refractivity contribution in [1.82, 2.24) is 0 Å². The van der Waals surface area contributed by atoms with Crippen LogP contribution in [-0.2, 0) is 0 Å². The van der Waals surface area contributed by atoms with Gasteiger partial charge in [-0.25, -0.2) is 0 Å². The highest BCUT2D eigenvalue weighted by atomic mass is 14.6. The molecule has 1 saturated carbocycles. The van der Waals surface area contributed by atoms with E-state index in [0.29, 0.717) is 12.0 Å². The van der Waals surface area contributed by atoms with Crippen LogP contribution in [0.25, 0.3) is 0 Å². The molecule has 1 fully saturated rings. The number of nitrogens with zero attached hydrogens (tertiary/aromatic N) is 1. The summed E-state index contributed by atoms with van der Waals surface area (Å²) in [6.07, 6.45) is 8.17. The lowest BCUT2D eigenvalue weighted by Gasteiger charge is -2.23. The molecular weight excluding hydrogens is 136 g/mol. The Hall–Kier alpha value is -0.810. The van der Waals surface area contributed by atoms with Crippen LogP contribution in [0.15, 0.2) is 12.2 Å². The predicted octanol–water partition coefficient (Wildman–Crippen LogP) is 1.58. The average molecular weight is 150 g/mol. The zero-order valence-corrected chi connectivity index (χ0v) is 6.66. The summed E-state index contributed by atoms with van der Waals surface area (Å²) >= 11 is 0. The maximum atomic E-state index is 8.29. The van der Waals surface area contributed by atoms with Gasteiger partial charge in [0.15, 0.2) is 0 Å². The highest BCUT2D eigenvalue weighted by Crippen LogP contribution is 2.23. The number of nitrogens with two attached hydrogens (primary N) is 1. The number of allylic oxidation sites excluding steroid dienone is 2. The highest BCUT2D eigenvalue weighted by Gasteiger charge is 2.16. The second-order valence-electron chi connectivity index (χ2n) is 3.17. The number of hydrogen-bond acceptors (Lipinski definition) is 2. The molecule has 0 spiro atoms. The minimum absolute atomic E-state index is 0.358. The normalized spacial score (nSPS) is 32.0. The molecule has 0 unspecified atom stereocenters. The second-order valence-corrected chi connectivity index (χ2v) is 3.17. The highest BCUT2D eigenvalue weighted by molar-refractivity contribution is 5.04. The third kappa shape index (κ3) is 2.73.